The van der Waals surface area contributed by atoms with Crippen molar-refractivity contribution < 1.29 is 9.53 Å². The van der Waals surface area contributed by atoms with Gasteiger partial charge in [0, 0.05) is 0 Å². The molecule has 0 bridgehead atoms. The van der Waals surface area contributed by atoms with Crippen molar-refractivity contribution in [3.63, 3.8) is 0 Å². The molecule has 0 aromatic rings. The van der Waals surface area contributed by atoms with Gasteiger partial charge in [0.2, 0.25) is 0 Å². The van der Waals surface area contributed by atoms with Gasteiger partial charge in [0.05, 0.1) is 7.11 Å². The van der Waals surface area contributed by atoms with Gasteiger partial charge in [-0.05, 0) is 32.7 Å². The van der Waals surface area contributed by atoms with E-state index in [2.05, 4.69) is 18.8 Å². The van der Waals surface area contributed by atoms with Crippen LogP contribution >= 0.6 is 0 Å². The third kappa shape index (κ3) is 3.92. The lowest BCUT2D eigenvalue weighted by Crippen LogP contribution is -2.50. The van der Waals surface area contributed by atoms with Crippen LogP contribution in [-0.2, 0) is 9.53 Å². The lowest BCUT2D eigenvalue weighted by molar-refractivity contribution is -0.148. The second-order valence-electron chi connectivity index (χ2n) is 3.58. The highest BCUT2D eigenvalue weighted by Crippen LogP contribution is 2.14. The summed E-state index contributed by atoms with van der Waals surface area (Å²) < 4.78 is 4.77. The third-order valence-corrected chi connectivity index (χ3v) is 2.25. The van der Waals surface area contributed by atoms with E-state index in [9.17, 15) is 4.79 Å². The predicted octanol–water partition coefficient (Wildman–Crippen LogP) is 1.88. The fourth-order valence-electron chi connectivity index (χ4n) is 1.28. The highest BCUT2D eigenvalue weighted by molar-refractivity contribution is 5.80. The summed E-state index contributed by atoms with van der Waals surface area (Å²) in [5.41, 5.74) is -0.570. The monoisotopic (exact) mass is 199 g/mol. The van der Waals surface area contributed by atoms with Crippen molar-refractivity contribution in [2.24, 2.45) is 0 Å². The molecule has 0 radical (unpaired) electrons. The van der Waals surface area contributed by atoms with Gasteiger partial charge in [0.1, 0.15) is 5.54 Å². The van der Waals surface area contributed by atoms with Crippen LogP contribution in [0.1, 0.15) is 33.1 Å². The molecule has 0 aliphatic heterocycles. The van der Waals surface area contributed by atoms with Gasteiger partial charge in [0.25, 0.3) is 0 Å². The van der Waals surface area contributed by atoms with E-state index < -0.39 is 5.54 Å². The van der Waals surface area contributed by atoms with Crippen LogP contribution in [0, 0.1) is 0 Å². The average Bonchev–Trinajstić information content (AvgIpc) is 2.22. The summed E-state index contributed by atoms with van der Waals surface area (Å²) in [4.78, 5) is 11.5. The van der Waals surface area contributed by atoms with E-state index in [1.54, 1.807) is 0 Å². The van der Waals surface area contributed by atoms with Crippen LogP contribution in [-0.4, -0.2) is 25.2 Å². The van der Waals surface area contributed by atoms with Crippen LogP contribution in [0.4, 0.5) is 0 Å². The molecule has 0 amide bonds. The van der Waals surface area contributed by atoms with Crippen molar-refractivity contribution in [3.8, 4) is 0 Å². The Kier molecular flexibility index (Phi) is 6.21. The number of allylic oxidation sites excluding steroid dienone is 1. The average molecular weight is 199 g/mol. The Bertz CT molecular complexity index is 192. The smallest absolute Gasteiger partial charge is 0.325 e. The molecule has 0 aromatic heterocycles. The molecule has 1 N–H and O–H groups in total. The molecule has 0 aliphatic rings. The van der Waals surface area contributed by atoms with Gasteiger partial charge in [-0.15, -0.1) is 6.58 Å². The molecule has 0 heterocycles. The first-order valence-electron chi connectivity index (χ1n) is 5.05. The number of carbonyl (C=O) groups is 1. The van der Waals surface area contributed by atoms with Crippen molar-refractivity contribution in [1.29, 1.82) is 0 Å². The molecular formula is C11H21NO2. The molecule has 3 heteroatoms. The minimum Gasteiger partial charge on any atom is -0.468 e. The van der Waals surface area contributed by atoms with Crippen LogP contribution < -0.4 is 5.32 Å². The molecule has 0 aliphatic carbocycles. The molecule has 0 spiro atoms. The molecule has 82 valence electrons. The first-order valence-corrected chi connectivity index (χ1v) is 5.05. The molecule has 3 nitrogen and oxygen atoms in total. The largest absolute Gasteiger partial charge is 0.468 e. The summed E-state index contributed by atoms with van der Waals surface area (Å²) in [5, 5.41) is 3.21. The van der Waals surface area contributed by atoms with Gasteiger partial charge in [0.15, 0.2) is 0 Å². The SMILES string of the molecule is C=CCCC(C)(NCCC)C(=O)OC. The standard InChI is InChI=1S/C11H21NO2/c1-5-7-8-11(3,10(13)14-4)12-9-6-2/h5,12H,1,6-9H2,2-4H3. The fourth-order valence-corrected chi connectivity index (χ4v) is 1.28. The molecule has 0 saturated heterocycles. The molecule has 14 heavy (non-hydrogen) atoms. The summed E-state index contributed by atoms with van der Waals surface area (Å²) in [5.74, 6) is -0.201. The Morgan fingerprint density at radius 3 is 2.71 bits per heavy atom. The number of methoxy groups -OCH3 is 1. The summed E-state index contributed by atoms with van der Waals surface area (Å²) in [6.45, 7) is 8.41. The summed E-state index contributed by atoms with van der Waals surface area (Å²) in [6.07, 6.45) is 4.35. The Hall–Kier alpha value is -0.830. The van der Waals surface area contributed by atoms with Crippen molar-refractivity contribution in [2.75, 3.05) is 13.7 Å². The van der Waals surface area contributed by atoms with E-state index in [1.165, 1.54) is 7.11 Å². The van der Waals surface area contributed by atoms with Gasteiger partial charge in [-0.1, -0.05) is 13.0 Å². The van der Waals surface area contributed by atoms with Crippen LogP contribution in [0.15, 0.2) is 12.7 Å². The minimum atomic E-state index is -0.570. The van der Waals surface area contributed by atoms with Crippen molar-refractivity contribution in [3.05, 3.63) is 12.7 Å². The van der Waals surface area contributed by atoms with E-state index in [-0.39, 0.29) is 5.97 Å². The highest BCUT2D eigenvalue weighted by Gasteiger charge is 2.32. The maximum absolute atomic E-state index is 11.5. The van der Waals surface area contributed by atoms with Gasteiger partial charge in [-0.3, -0.25) is 4.79 Å². The molecule has 0 rings (SSSR count). The van der Waals surface area contributed by atoms with Gasteiger partial charge in [-0.2, -0.15) is 0 Å². The number of carbonyl (C=O) groups excluding carboxylic acids is 1. The fraction of sp³-hybridized carbons (Fsp3) is 0.727. The van der Waals surface area contributed by atoms with E-state index in [1.807, 2.05) is 13.0 Å². The first-order chi connectivity index (χ1) is 6.60. The Morgan fingerprint density at radius 1 is 1.64 bits per heavy atom. The zero-order valence-electron chi connectivity index (χ0n) is 9.43. The van der Waals surface area contributed by atoms with Gasteiger partial charge >= 0.3 is 5.97 Å². The zero-order chi connectivity index (χ0) is 11.0. The molecule has 0 fully saturated rings. The van der Waals surface area contributed by atoms with Crippen molar-refractivity contribution >= 4 is 5.97 Å². The third-order valence-electron chi connectivity index (χ3n) is 2.25. The van der Waals surface area contributed by atoms with Crippen LogP contribution in [0.25, 0.3) is 0 Å². The lowest BCUT2D eigenvalue weighted by Gasteiger charge is -2.27. The maximum Gasteiger partial charge on any atom is 0.325 e. The number of ether oxygens (including phenoxy) is 1. The topological polar surface area (TPSA) is 38.3 Å². The number of nitrogens with one attached hydrogen (secondary N) is 1. The van der Waals surface area contributed by atoms with E-state index >= 15 is 0 Å². The van der Waals surface area contributed by atoms with Crippen molar-refractivity contribution in [1.82, 2.24) is 5.32 Å². The molecule has 0 aromatic carbocycles. The van der Waals surface area contributed by atoms with Crippen LogP contribution in [0.5, 0.6) is 0 Å². The minimum absolute atomic E-state index is 0.201. The van der Waals surface area contributed by atoms with Gasteiger partial charge < -0.3 is 10.1 Å². The maximum atomic E-state index is 11.5. The molecular weight excluding hydrogens is 178 g/mol. The Labute approximate surface area is 86.5 Å². The predicted molar refractivity (Wildman–Crippen MR) is 58.1 cm³/mol. The van der Waals surface area contributed by atoms with Crippen LogP contribution in [0.3, 0.4) is 0 Å². The highest BCUT2D eigenvalue weighted by atomic mass is 16.5. The number of hydrogen-bond acceptors (Lipinski definition) is 3. The van der Waals surface area contributed by atoms with Crippen molar-refractivity contribution in [2.45, 2.75) is 38.6 Å². The van der Waals surface area contributed by atoms with Crippen LogP contribution in [0.2, 0.25) is 0 Å². The van der Waals surface area contributed by atoms with E-state index in [0.29, 0.717) is 0 Å². The second kappa shape index (κ2) is 6.60. The zero-order valence-corrected chi connectivity index (χ0v) is 9.43. The normalized spacial score (nSPS) is 14.5. The number of hydrogen-bond donors (Lipinski definition) is 1. The number of rotatable bonds is 7. The first kappa shape index (κ1) is 13.2. The lowest BCUT2D eigenvalue weighted by atomic mass is 9.95. The van der Waals surface area contributed by atoms with Gasteiger partial charge in [-0.25, -0.2) is 0 Å². The second-order valence-corrected chi connectivity index (χ2v) is 3.58. The summed E-state index contributed by atoms with van der Waals surface area (Å²) in [7, 11) is 1.42. The Morgan fingerprint density at radius 2 is 2.29 bits per heavy atom. The van der Waals surface area contributed by atoms with E-state index in [0.717, 1.165) is 25.8 Å². The molecule has 1 atom stereocenters. The number of esters is 1. The molecule has 0 saturated carbocycles. The summed E-state index contributed by atoms with van der Waals surface area (Å²) in [6, 6.07) is 0. The molecule has 1 unspecified atom stereocenters. The van der Waals surface area contributed by atoms with E-state index in [4.69, 9.17) is 4.74 Å². The summed E-state index contributed by atoms with van der Waals surface area (Å²) >= 11 is 0. The quantitative estimate of drug-likeness (QED) is 0.502. The Balaban J connectivity index is 4.31.